The quantitative estimate of drug-likeness (QED) is 0.0199. The summed E-state index contributed by atoms with van der Waals surface area (Å²) in [6, 6.07) is -8.66. The van der Waals surface area contributed by atoms with Crippen molar-refractivity contribution in [3.63, 3.8) is 0 Å². The molecule has 8 rings (SSSR count). The summed E-state index contributed by atoms with van der Waals surface area (Å²) in [6.45, 7) is -1.64. The van der Waals surface area contributed by atoms with E-state index in [1.807, 2.05) is 0 Å². The minimum Gasteiger partial charge on any atom is -0.477 e. The molecule has 8 aliphatic heterocycles. The summed E-state index contributed by atoms with van der Waals surface area (Å²) in [6.07, 6.45) is -42.6. The van der Waals surface area contributed by atoms with E-state index in [1.54, 1.807) is 6.08 Å². The molecule has 150 heavy (non-hydrogen) atoms. The highest BCUT2D eigenvalue weighted by molar-refractivity contribution is 5.77. The van der Waals surface area contributed by atoms with Crippen molar-refractivity contribution < 1.29 is 227 Å². The second kappa shape index (κ2) is 66.8. The van der Waals surface area contributed by atoms with E-state index in [4.69, 9.17) is 75.8 Å². The summed E-state index contributed by atoms with van der Waals surface area (Å²) < 4.78 is 97.1. The molecule has 5 amide bonds. The molecule has 872 valence electrons. The number of amides is 5. The Kier molecular flexibility index (Phi) is 57.9. The average molecular weight is 2170 g/mol. The zero-order valence-electron chi connectivity index (χ0n) is 86.8. The third-order valence-electron chi connectivity index (χ3n) is 28.7. The number of carboxylic acids is 1. The summed E-state index contributed by atoms with van der Waals surface area (Å²) >= 11 is 0. The normalized spacial score (nSPS) is 37.3. The van der Waals surface area contributed by atoms with Crippen LogP contribution in [0.15, 0.2) is 12.2 Å². The first-order valence-corrected chi connectivity index (χ1v) is 53.6. The van der Waals surface area contributed by atoms with Gasteiger partial charge in [-0.3, -0.25) is 24.0 Å². The maximum Gasteiger partial charge on any atom is 0.364 e. The van der Waals surface area contributed by atoms with Crippen LogP contribution in [0.5, 0.6) is 0 Å². The van der Waals surface area contributed by atoms with Crippen molar-refractivity contribution in [2.75, 3.05) is 59.5 Å². The van der Waals surface area contributed by atoms with Gasteiger partial charge in [0, 0.05) is 40.5 Å². The van der Waals surface area contributed by atoms with Gasteiger partial charge in [-0.15, -0.1) is 0 Å². The predicted molar refractivity (Wildman–Crippen MR) is 518 cm³/mol. The van der Waals surface area contributed by atoms with Gasteiger partial charge < -0.3 is 225 Å². The van der Waals surface area contributed by atoms with Gasteiger partial charge in [-0.25, -0.2) is 4.79 Å². The number of ether oxygens (including phenoxy) is 16. The number of aliphatic hydroxyl groups excluding tert-OH is 23. The first kappa shape index (κ1) is 130. The van der Waals surface area contributed by atoms with E-state index >= 15 is 0 Å². The molecule has 16 unspecified atom stereocenters. The number of allylic oxidation sites excluding steroid dienone is 1. The number of carboxylic acid groups (broad SMARTS) is 1. The number of unbranched alkanes of at least 4 members (excludes halogenated alkanes) is 29. The van der Waals surface area contributed by atoms with E-state index < -0.39 is 365 Å². The van der Waals surface area contributed by atoms with Crippen LogP contribution in [0.3, 0.4) is 0 Å². The van der Waals surface area contributed by atoms with Gasteiger partial charge in [0.1, 0.15) is 189 Å². The van der Waals surface area contributed by atoms with Crippen LogP contribution in [0.25, 0.3) is 0 Å². The second-order valence-electron chi connectivity index (χ2n) is 40.6. The fraction of sp³-hybridized carbons (Fsp3) is 0.919. The zero-order valence-corrected chi connectivity index (χ0v) is 86.8. The molecule has 8 aliphatic rings. The first-order valence-electron chi connectivity index (χ1n) is 53.6. The monoisotopic (exact) mass is 2170 g/mol. The topological polar surface area (TPSA) is 796 Å². The van der Waals surface area contributed by atoms with Gasteiger partial charge in [0.05, 0.1) is 83.8 Å². The third-order valence-corrected chi connectivity index (χ3v) is 28.7. The Hall–Kier alpha value is -5.00. The maximum atomic E-state index is 13.9. The van der Waals surface area contributed by atoms with Crippen molar-refractivity contribution in [2.24, 2.45) is 0 Å². The van der Waals surface area contributed by atoms with Gasteiger partial charge in [0.25, 0.3) is 5.79 Å². The lowest BCUT2D eigenvalue weighted by Crippen LogP contribution is -2.72. The lowest BCUT2D eigenvalue weighted by molar-refractivity contribution is -0.400. The van der Waals surface area contributed by atoms with E-state index in [0.29, 0.717) is 12.8 Å². The smallest absolute Gasteiger partial charge is 0.364 e. The second-order valence-corrected chi connectivity index (χ2v) is 40.6. The summed E-state index contributed by atoms with van der Waals surface area (Å²) in [7, 11) is 0. The first-order chi connectivity index (χ1) is 71.7. The van der Waals surface area contributed by atoms with Crippen molar-refractivity contribution >= 4 is 35.5 Å². The molecule has 0 bridgehead atoms. The largest absolute Gasteiger partial charge is 0.477 e. The molecule has 29 N–H and O–H groups in total. The average Bonchev–Trinajstić information content (AvgIpc) is 0.745. The Balaban J connectivity index is 1.05. The van der Waals surface area contributed by atoms with Crippen LogP contribution in [0, 0.1) is 0 Å². The Morgan fingerprint density at radius 3 is 1.13 bits per heavy atom. The van der Waals surface area contributed by atoms with Crippen LogP contribution < -0.4 is 26.6 Å². The number of nitrogens with one attached hydrogen (secondary N) is 5. The van der Waals surface area contributed by atoms with E-state index in [0.717, 1.165) is 91.9 Å². The Labute approximate surface area is 873 Å². The summed E-state index contributed by atoms with van der Waals surface area (Å²) in [5.41, 5.74) is 0. The van der Waals surface area contributed by atoms with Crippen LogP contribution >= 0.6 is 0 Å². The van der Waals surface area contributed by atoms with Crippen LogP contribution in [0.4, 0.5) is 0 Å². The molecule has 51 heteroatoms. The summed E-state index contributed by atoms with van der Waals surface area (Å²) in [4.78, 5) is 79.0. The van der Waals surface area contributed by atoms with E-state index in [9.17, 15) is 151 Å². The highest BCUT2D eigenvalue weighted by atomic mass is 16.8. The minimum absolute atomic E-state index is 0.0883. The molecule has 0 aromatic heterocycles. The van der Waals surface area contributed by atoms with Gasteiger partial charge in [0.2, 0.25) is 29.5 Å². The van der Waals surface area contributed by atoms with Crippen molar-refractivity contribution in [1.82, 2.24) is 26.6 Å². The number of carbonyl (C=O) groups excluding carboxylic acids is 5. The van der Waals surface area contributed by atoms with Crippen molar-refractivity contribution in [1.29, 1.82) is 0 Å². The summed E-state index contributed by atoms with van der Waals surface area (Å²) in [5, 5.41) is 287. The highest BCUT2D eigenvalue weighted by Gasteiger charge is 2.64. The SMILES string of the molecule is CCCCCCCCCCCCC/C=C/[C@@H](O)[C@H](CO[C@@H]1OC(CO)[C@@H](O[C@@H]2OC(CO[C@@H]3OC(CO)[C@@H](O[C@@H]4OC(CO)[C@H](O[C@@H]5OC(CO)[C@H](O)[C@H](O)C5NC(C)=O)[C@H](O[C@]5(C(=O)O)CC(O)[C@@H](NC(C)=O)C([C@H](O)[C@H](O)CO)O5)C4O)[C@H](O)C3NC(C)=O)[C@H](O)[C@H](O[C@@H]3OC(CO)[C@H](O)[C@H](O[C@@H]4OC(CO)[C@H](O)[C@H](O)C4NC(C)=O)C3O)C2O)[C@H](O)C1O)NC(=O)CCCCCCCCCCCCCCCCCCCCC. The molecular weight excluding hydrogens is 2000 g/mol. The van der Waals surface area contributed by atoms with Crippen LogP contribution in [-0.4, -0.2) is 481 Å². The number of aliphatic carboxylic acids is 1. The fourth-order valence-electron chi connectivity index (χ4n) is 20.2. The minimum atomic E-state index is -3.46. The standard InChI is InChI=1S/C99H175N5O46/c1-7-9-11-13-15-17-19-21-22-23-24-25-26-28-30-32-34-36-38-40-66(119)104-55(56(116)39-37-35-33-31-29-27-20-18-16-14-12-10-8-2)49-135-94-80(129)79(128)85(63(47-110)141-94)145-96-82(131)89(148-95-81(130)88(74(123)61(45-108)139-95)147-93-69(102-53(5)114)77(126)73(122)60(44-107)138-93)75(124)65(143-96)50-136-91-70(103-54(6)115)78(127)84(62(46-109)140-91)144-97-83(132)90(86(64(48-111)142-97)146-92-68(101-52(4)113)76(125)72(121)59(43-106)137-92)150-99(98(133)134)41-57(117)67(100-51(3)112)87(149-99)71(120)58(118)42-105/h37,39,55-65,67-97,105-111,116-118,120-132H,7-36,38,40-50H2,1-6H3,(H,100,112)(H,101,113)(H,102,114)(H,103,115)(H,104,119)(H,133,134)/b39-37+/t55-,56+,57?,58+,59?,60?,61?,62?,63?,64?,65?,67+,68?,69?,70?,71+,72-,73-,74-,75-,76+,77+,78+,79+,80?,81?,82?,83?,84+,85+,86-,87?,88-,89-,90+,91+,92-,93-,94+,95-,96-,97-,99-/m0/s1. The van der Waals surface area contributed by atoms with Crippen molar-refractivity contribution in [3.8, 4) is 0 Å². The fourth-order valence-corrected chi connectivity index (χ4v) is 20.2. The number of hydrogen-bond acceptors (Lipinski definition) is 45. The molecule has 0 aromatic rings. The van der Waals surface area contributed by atoms with Crippen molar-refractivity contribution in [3.05, 3.63) is 12.2 Å². The molecule has 0 aromatic carbocycles. The molecule has 43 atom stereocenters. The predicted octanol–water partition coefficient (Wildman–Crippen LogP) is -5.72. The van der Waals surface area contributed by atoms with Crippen LogP contribution in [-0.2, 0) is 105 Å². The van der Waals surface area contributed by atoms with Gasteiger partial charge in [-0.05, 0) is 19.3 Å². The number of hydrogen-bond donors (Lipinski definition) is 29. The van der Waals surface area contributed by atoms with Crippen molar-refractivity contribution in [2.45, 2.75) is 517 Å². The lowest BCUT2D eigenvalue weighted by Gasteiger charge is -2.52. The van der Waals surface area contributed by atoms with Gasteiger partial charge >= 0.3 is 5.97 Å². The third kappa shape index (κ3) is 37.9. The Bertz CT molecular complexity index is 3850. The highest BCUT2D eigenvalue weighted by Crippen LogP contribution is 2.43. The van der Waals surface area contributed by atoms with E-state index in [2.05, 4.69) is 40.4 Å². The van der Waals surface area contributed by atoms with Gasteiger partial charge in [-0.2, -0.15) is 0 Å². The Morgan fingerprint density at radius 2 is 0.700 bits per heavy atom. The van der Waals surface area contributed by atoms with E-state index in [-0.39, 0.29) is 6.42 Å². The Morgan fingerprint density at radius 1 is 0.353 bits per heavy atom. The molecule has 0 aliphatic carbocycles. The molecule has 0 spiro atoms. The number of carbonyl (C=O) groups is 6. The molecule has 8 fully saturated rings. The van der Waals surface area contributed by atoms with Gasteiger partial charge in [-0.1, -0.05) is 206 Å². The lowest BCUT2D eigenvalue weighted by atomic mass is 9.88. The molecule has 51 nitrogen and oxygen atoms in total. The molecule has 0 saturated carbocycles. The molecule has 0 radical (unpaired) electrons. The molecular formula is C99H175N5O46. The number of aliphatic hydroxyl groups is 23. The zero-order chi connectivity index (χ0) is 110. The number of rotatable bonds is 67. The molecule has 8 saturated heterocycles. The maximum absolute atomic E-state index is 13.9. The van der Waals surface area contributed by atoms with Crippen LogP contribution in [0.1, 0.15) is 253 Å². The van der Waals surface area contributed by atoms with Crippen LogP contribution in [0.2, 0.25) is 0 Å². The van der Waals surface area contributed by atoms with Gasteiger partial charge in [0.15, 0.2) is 44.0 Å². The molecule has 8 heterocycles. The van der Waals surface area contributed by atoms with E-state index in [1.165, 1.54) is 128 Å². The summed E-state index contributed by atoms with van der Waals surface area (Å²) in [5.74, 6) is -9.76.